The fourth-order valence-electron chi connectivity index (χ4n) is 2.12. The zero-order valence-corrected chi connectivity index (χ0v) is 11.4. The second-order valence-corrected chi connectivity index (χ2v) is 4.43. The Bertz CT molecular complexity index is 347. The van der Waals surface area contributed by atoms with Gasteiger partial charge in [0, 0.05) is 31.5 Å². The second kappa shape index (κ2) is 6.77. The van der Waals surface area contributed by atoms with Gasteiger partial charge in [-0.3, -0.25) is 4.68 Å². The highest BCUT2D eigenvalue weighted by atomic mass is 16.5. The molecule has 0 aliphatic rings. The Morgan fingerprint density at radius 1 is 1.35 bits per heavy atom. The molecular weight excluding hydrogens is 216 g/mol. The molecule has 1 atom stereocenters. The molecule has 1 heterocycles. The van der Waals surface area contributed by atoms with Gasteiger partial charge in [0.15, 0.2) is 0 Å². The molecule has 0 spiro atoms. The van der Waals surface area contributed by atoms with Gasteiger partial charge in [-0.15, -0.1) is 0 Å². The molecule has 1 aromatic rings. The quantitative estimate of drug-likeness (QED) is 0.744. The number of unbranched alkanes of at least 4 members (excludes halogenated alkanes) is 1. The Labute approximate surface area is 104 Å². The molecule has 0 aliphatic carbocycles. The van der Waals surface area contributed by atoms with Crippen LogP contribution in [0, 0.1) is 13.8 Å². The summed E-state index contributed by atoms with van der Waals surface area (Å²) in [5.41, 5.74) is 3.04. The molecular formula is C13H24N2O2. The van der Waals surface area contributed by atoms with Gasteiger partial charge in [0.2, 0.25) is 0 Å². The van der Waals surface area contributed by atoms with E-state index >= 15 is 0 Å². The van der Waals surface area contributed by atoms with Gasteiger partial charge in [0.25, 0.3) is 0 Å². The van der Waals surface area contributed by atoms with Crippen LogP contribution < -0.4 is 0 Å². The number of aromatic nitrogens is 2. The molecule has 4 heteroatoms. The topological polar surface area (TPSA) is 47.3 Å². The molecule has 17 heavy (non-hydrogen) atoms. The van der Waals surface area contributed by atoms with Gasteiger partial charge in [-0.05, 0) is 33.1 Å². The summed E-state index contributed by atoms with van der Waals surface area (Å²) in [4.78, 5) is 0. The lowest BCUT2D eigenvalue weighted by Crippen LogP contribution is -2.05. The molecule has 0 fully saturated rings. The van der Waals surface area contributed by atoms with Crippen molar-refractivity contribution in [1.29, 1.82) is 0 Å². The molecule has 4 nitrogen and oxygen atoms in total. The molecule has 0 saturated heterocycles. The van der Waals surface area contributed by atoms with Crippen molar-refractivity contribution in [2.75, 3.05) is 13.7 Å². The van der Waals surface area contributed by atoms with E-state index < -0.39 is 0 Å². The van der Waals surface area contributed by atoms with Crippen LogP contribution in [0.25, 0.3) is 0 Å². The van der Waals surface area contributed by atoms with Crippen molar-refractivity contribution < 1.29 is 9.84 Å². The molecule has 0 bridgehead atoms. The molecule has 1 unspecified atom stereocenters. The Morgan fingerprint density at radius 2 is 2.06 bits per heavy atom. The van der Waals surface area contributed by atoms with E-state index in [1.54, 1.807) is 7.11 Å². The number of rotatable bonds is 7. The number of hydrogen-bond donors (Lipinski definition) is 1. The van der Waals surface area contributed by atoms with Crippen molar-refractivity contribution in [3.63, 3.8) is 0 Å². The largest absolute Gasteiger partial charge is 0.388 e. The SMILES string of the molecule is CCC(O)c1c(C)nn(CCCCOC)c1C. The van der Waals surface area contributed by atoms with Gasteiger partial charge >= 0.3 is 0 Å². The van der Waals surface area contributed by atoms with Crippen LogP contribution in [0.15, 0.2) is 0 Å². The van der Waals surface area contributed by atoms with Crippen LogP contribution in [-0.2, 0) is 11.3 Å². The lowest BCUT2D eigenvalue weighted by molar-refractivity contribution is 0.172. The molecule has 1 rings (SSSR count). The van der Waals surface area contributed by atoms with E-state index in [2.05, 4.69) is 5.10 Å². The Kier molecular flexibility index (Phi) is 5.65. The number of aryl methyl sites for hydroxylation is 2. The summed E-state index contributed by atoms with van der Waals surface area (Å²) < 4.78 is 7.02. The predicted octanol–water partition coefficient (Wildman–Crippen LogP) is 2.37. The summed E-state index contributed by atoms with van der Waals surface area (Å²) in [6.45, 7) is 7.67. The minimum atomic E-state index is -0.386. The first-order valence-corrected chi connectivity index (χ1v) is 6.32. The van der Waals surface area contributed by atoms with Crippen molar-refractivity contribution in [2.45, 2.75) is 52.7 Å². The van der Waals surface area contributed by atoms with E-state index in [0.29, 0.717) is 0 Å². The van der Waals surface area contributed by atoms with E-state index in [1.807, 2.05) is 25.5 Å². The summed E-state index contributed by atoms with van der Waals surface area (Å²) in [7, 11) is 1.72. The molecule has 98 valence electrons. The highest BCUT2D eigenvalue weighted by Crippen LogP contribution is 2.23. The van der Waals surface area contributed by atoms with Crippen molar-refractivity contribution in [3.8, 4) is 0 Å². The third-order valence-electron chi connectivity index (χ3n) is 3.13. The van der Waals surface area contributed by atoms with Gasteiger partial charge in [0.1, 0.15) is 0 Å². The van der Waals surface area contributed by atoms with Gasteiger partial charge < -0.3 is 9.84 Å². The van der Waals surface area contributed by atoms with Crippen molar-refractivity contribution in [2.24, 2.45) is 0 Å². The van der Waals surface area contributed by atoms with Gasteiger partial charge in [0.05, 0.1) is 11.8 Å². The average Bonchev–Trinajstić information content (AvgIpc) is 2.59. The predicted molar refractivity (Wildman–Crippen MR) is 68.1 cm³/mol. The maximum absolute atomic E-state index is 9.94. The van der Waals surface area contributed by atoms with Gasteiger partial charge in [-0.2, -0.15) is 5.10 Å². The summed E-state index contributed by atoms with van der Waals surface area (Å²) in [6.07, 6.45) is 2.44. The number of aliphatic hydroxyl groups excluding tert-OH is 1. The molecule has 1 aromatic heterocycles. The number of hydrogen-bond acceptors (Lipinski definition) is 3. The standard InChI is InChI=1S/C13H24N2O2/c1-5-12(16)13-10(2)14-15(11(13)3)8-6-7-9-17-4/h12,16H,5-9H2,1-4H3. The third kappa shape index (κ3) is 3.54. The fourth-order valence-corrected chi connectivity index (χ4v) is 2.12. The maximum atomic E-state index is 9.94. The van der Waals surface area contributed by atoms with Crippen LogP contribution in [0.5, 0.6) is 0 Å². The summed E-state index contributed by atoms with van der Waals surface area (Å²) in [5, 5.41) is 14.4. The maximum Gasteiger partial charge on any atom is 0.0823 e. The van der Waals surface area contributed by atoms with Crippen LogP contribution in [0.2, 0.25) is 0 Å². The van der Waals surface area contributed by atoms with Crippen LogP contribution in [0.4, 0.5) is 0 Å². The number of ether oxygens (including phenoxy) is 1. The summed E-state index contributed by atoms with van der Waals surface area (Å²) >= 11 is 0. The zero-order chi connectivity index (χ0) is 12.8. The molecule has 0 radical (unpaired) electrons. The van der Waals surface area contributed by atoms with E-state index in [9.17, 15) is 5.11 Å². The molecule has 1 N–H and O–H groups in total. The highest BCUT2D eigenvalue weighted by Gasteiger charge is 2.17. The van der Waals surface area contributed by atoms with Crippen LogP contribution in [0.1, 0.15) is 49.2 Å². The van der Waals surface area contributed by atoms with Gasteiger partial charge in [-0.1, -0.05) is 6.92 Å². The lowest BCUT2D eigenvalue weighted by atomic mass is 10.1. The van der Waals surface area contributed by atoms with Crippen molar-refractivity contribution in [1.82, 2.24) is 9.78 Å². The second-order valence-electron chi connectivity index (χ2n) is 4.43. The van der Waals surface area contributed by atoms with Gasteiger partial charge in [-0.25, -0.2) is 0 Å². The smallest absolute Gasteiger partial charge is 0.0823 e. The van der Waals surface area contributed by atoms with E-state index in [1.165, 1.54) is 0 Å². The summed E-state index contributed by atoms with van der Waals surface area (Å²) in [5.74, 6) is 0. The van der Waals surface area contributed by atoms with Crippen molar-refractivity contribution in [3.05, 3.63) is 17.0 Å². The highest BCUT2D eigenvalue weighted by molar-refractivity contribution is 5.26. The first-order valence-electron chi connectivity index (χ1n) is 6.32. The Balaban J connectivity index is 2.68. The Morgan fingerprint density at radius 3 is 2.65 bits per heavy atom. The first-order chi connectivity index (χ1) is 8.11. The zero-order valence-electron chi connectivity index (χ0n) is 11.4. The third-order valence-corrected chi connectivity index (χ3v) is 3.13. The first kappa shape index (κ1) is 14.2. The number of nitrogens with zero attached hydrogens (tertiary/aromatic N) is 2. The average molecular weight is 240 g/mol. The molecule has 0 aromatic carbocycles. The monoisotopic (exact) mass is 240 g/mol. The van der Waals surface area contributed by atoms with E-state index in [4.69, 9.17) is 4.74 Å². The normalized spacial score (nSPS) is 13.0. The molecule has 0 aliphatic heterocycles. The minimum Gasteiger partial charge on any atom is -0.388 e. The minimum absolute atomic E-state index is 0.386. The van der Waals surface area contributed by atoms with Crippen LogP contribution in [0.3, 0.4) is 0 Å². The molecule has 0 amide bonds. The van der Waals surface area contributed by atoms with Crippen LogP contribution >= 0.6 is 0 Å². The summed E-state index contributed by atoms with van der Waals surface area (Å²) in [6, 6.07) is 0. The number of methoxy groups -OCH3 is 1. The Hall–Kier alpha value is -0.870. The van der Waals surface area contributed by atoms with E-state index in [0.717, 1.165) is 49.4 Å². The van der Waals surface area contributed by atoms with Crippen LogP contribution in [-0.4, -0.2) is 28.6 Å². The van der Waals surface area contributed by atoms with E-state index in [-0.39, 0.29) is 6.10 Å². The lowest BCUT2D eigenvalue weighted by Gasteiger charge is -2.09. The number of aliphatic hydroxyl groups is 1. The van der Waals surface area contributed by atoms with Crippen molar-refractivity contribution >= 4 is 0 Å². The molecule has 0 saturated carbocycles. The fraction of sp³-hybridized carbons (Fsp3) is 0.769.